The molecule has 0 aliphatic heterocycles. The highest BCUT2D eigenvalue weighted by atomic mass is 79.9. The fourth-order valence-corrected chi connectivity index (χ4v) is 2.34. The van der Waals surface area contributed by atoms with Crippen molar-refractivity contribution in [3.63, 3.8) is 0 Å². The van der Waals surface area contributed by atoms with Crippen LogP contribution in [0.3, 0.4) is 0 Å². The van der Waals surface area contributed by atoms with E-state index in [0.29, 0.717) is 17.6 Å². The Bertz CT molecular complexity index is 574. The van der Waals surface area contributed by atoms with Crippen LogP contribution in [0.15, 0.2) is 27.6 Å². The molecule has 0 heterocycles. The lowest BCUT2D eigenvalue weighted by molar-refractivity contribution is 0.0743. The van der Waals surface area contributed by atoms with E-state index in [2.05, 4.69) is 15.9 Å². The van der Waals surface area contributed by atoms with Gasteiger partial charge in [-0.1, -0.05) is 0 Å². The summed E-state index contributed by atoms with van der Waals surface area (Å²) in [7, 11) is -0.688. The number of primary sulfonamides is 1. The fourth-order valence-electron chi connectivity index (χ4n) is 1.38. The summed E-state index contributed by atoms with van der Waals surface area (Å²) in [5.41, 5.74) is 0.241. The third-order valence-corrected chi connectivity index (χ3v) is 4.08. The molecule has 0 saturated heterocycles. The van der Waals surface area contributed by atoms with Crippen molar-refractivity contribution in [2.45, 2.75) is 4.90 Å². The van der Waals surface area contributed by atoms with Gasteiger partial charge < -0.3 is 9.64 Å². The van der Waals surface area contributed by atoms with Crippen LogP contribution >= 0.6 is 15.9 Å². The predicted octanol–water partition coefficient (Wildman–Crippen LogP) is 0.815. The van der Waals surface area contributed by atoms with Crippen LogP contribution in [0.5, 0.6) is 0 Å². The molecule has 0 unspecified atom stereocenters. The van der Waals surface area contributed by atoms with E-state index < -0.39 is 10.0 Å². The van der Waals surface area contributed by atoms with Crippen LogP contribution in [0.25, 0.3) is 0 Å². The van der Waals surface area contributed by atoms with Crippen LogP contribution in [0.4, 0.5) is 0 Å². The van der Waals surface area contributed by atoms with Gasteiger partial charge in [0.05, 0.1) is 17.1 Å². The molecule has 0 bridgehead atoms. The molecule has 0 saturated carbocycles. The smallest absolute Gasteiger partial charge is 0.254 e. The summed E-state index contributed by atoms with van der Waals surface area (Å²) in [6.45, 7) is 0.802. The van der Waals surface area contributed by atoms with Crippen molar-refractivity contribution in [3.8, 4) is 0 Å². The van der Waals surface area contributed by atoms with Crippen LogP contribution in [0.2, 0.25) is 0 Å². The Kier molecular flexibility index (Phi) is 5.48. The highest BCUT2D eigenvalue weighted by Gasteiger charge is 2.18. The van der Waals surface area contributed by atoms with Gasteiger partial charge in [0, 0.05) is 25.2 Å². The maximum absolute atomic E-state index is 12.2. The Balaban J connectivity index is 3.09. The Morgan fingerprint density at radius 3 is 2.63 bits per heavy atom. The predicted molar refractivity (Wildman–Crippen MR) is 74.4 cm³/mol. The van der Waals surface area contributed by atoms with Crippen LogP contribution < -0.4 is 5.14 Å². The van der Waals surface area contributed by atoms with Gasteiger partial charge in [0.1, 0.15) is 0 Å². The topological polar surface area (TPSA) is 89.7 Å². The molecule has 8 heteroatoms. The van der Waals surface area contributed by atoms with E-state index in [1.165, 1.54) is 30.2 Å². The second kappa shape index (κ2) is 6.47. The number of amides is 1. The third kappa shape index (κ3) is 4.27. The Hall–Kier alpha value is -0.960. The number of nitrogens with two attached hydrogens (primary N) is 1. The molecule has 0 aliphatic carbocycles. The van der Waals surface area contributed by atoms with E-state index in [9.17, 15) is 13.2 Å². The van der Waals surface area contributed by atoms with E-state index in [4.69, 9.17) is 9.88 Å². The van der Waals surface area contributed by atoms with Gasteiger partial charge in [-0.05, 0) is 34.1 Å². The largest absolute Gasteiger partial charge is 0.383 e. The lowest BCUT2D eigenvalue weighted by Gasteiger charge is -2.17. The van der Waals surface area contributed by atoms with Gasteiger partial charge in [-0.3, -0.25) is 4.79 Å². The van der Waals surface area contributed by atoms with Crippen LogP contribution in [0.1, 0.15) is 10.4 Å². The molecule has 106 valence electrons. The van der Waals surface area contributed by atoms with E-state index in [1.54, 1.807) is 7.05 Å². The molecule has 1 amide bonds. The van der Waals surface area contributed by atoms with E-state index in [0.717, 1.165) is 0 Å². The summed E-state index contributed by atoms with van der Waals surface area (Å²) >= 11 is 3.22. The van der Waals surface area contributed by atoms with E-state index in [-0.39, 0.29) is 16.4 Å². The van der Waals surface area contributed by atoms with Gasteiger partial charge in [-0.15, -0.1) is 0 Å². The summed E-state index contributed by atoms with van der Waals surface area (Å²) in [4.78, 5) is 13.5. The minimum atomic E-state index is -3.83. The second-order valence-electron chi connectivity index (χ2n) is 3.91. The first kappa shape index (κ1) is 16.1. The number of nitrogens with zero attached hydrogens (tertiary/aromatic N) is 1. The third-order valence-electron chi connectivity index (χ3n) is 2.47. The van der Waals surface area contributed by atoms with Crippen LogP contribution in [-0.4, -0.2) is 46.5 Å². The van der Waals surface area contributed by atoms with Gasteiger partial charge >= 0.3 is 0 Å². The fraction of sp³-hybridized carbons (Fsp3) is 0.364. The average Bonchev–Trinajstić information content (AvgIpc) is 2.34. The minimum Gasteiger partial charge on any atom is -0.383 e. The first-order chi connectivity index (χ1) is 8.77. The number of hydrogen-bond donors (Lipinski definition) is 1. The maximum Gasteiger partial charge on any atom is 0.254 e. The van der Waals surface area contributed by atoms with Crippen molar-refractivity contribution >= 4 is 31.9 Å². The lowest BCUT2D eigenvalue weighted by atomic mass is 10.2. The number of carbonyl (C=O) groups is 1. The highest BCUT2D eigenvalue weighted by molar-refractivity contribution is 9.10. The monoisotopic (exact) mass is 350 g/mol. The second-order valence-corrected chi connectivity index (χ2v) is 6.32. The molecule has 1 aromatic rings. The number of hydrogen-bond acceptors (Lipinski definition) is 4. The number of rotatable bonds is 5. The zero-order valence-corrected chi connectivity index (χ0v) is 13.0. The van der Waals surface area contributed by atoms with Gasteiger partial charge in [0.15, 0.2) is 0 Å². The van der Waals surface area contributed by atoms with Crippen LogP contribution in [-0.2, 0) is 14.8 Å². The Morgan fingerprint density at radius 1 is 1.47 bits per heavy atom. The number of sulfonamides is 1. The zero-order chi connectivity index (χ0) is 14.6. The van der Waals surface area contributed by atoms with E-state index >= 15 is 0 Å². The van der Waals surface area contributed by atoms with Crippen LogP contribution in [0, 0.1) is 0 Å². The molecule has 6 nitrogen and oxygen atoms in total. The minimum absolute atomic E-state index is 0.0980. The molecule has 1 aromatic carbocycles. The molecule has 19 heavy (non-hydrogen) atoms. The average molecular weight is 351 g/mol. The normalized spacial score (nSPS) is 11.4. The number of carbonyl (C=O) groups excluding carboxylic acids is 1. The van der Waals surface area contributed by atoms with Gasteiger partial charge in [-0.25, -0.2) is 13.6 Å². The Labute approximate surface area is 120 Å². The molecule has 0 fully saturated rings. The SMILES string of the molecule is COCCN(C)C(=O)c1cc(S(N)(=O)=O)ccc1Br. The standard InChI is InChI=1S/C11H15BrN2O4S/c1-14(5-6-18-2)11(15)9-7-8(19(13,16)17)3-4-10(9)12/h3-4,7H,5-6H2,1-2H3,(H2,13,16,17). The van der Waals surface area contributed by atoms with Gasteiger partial charge in [0.25, 0.3) is 5.91 Å². The van der Waals surface area contributed by atoms with Crippen molar-refractivity contribution in [3.05, 3.63) is 28.2 Å². The highest BCUT2D eigenvalue weighted by Crippen LogP contribution is 2.21. The maximum atomic E-state index is 12.2. The molecule has 0 aromatic heterocycles. The molecular weight excluding hydrogens is 336 g/mol. The van der Waals surface area contributed by atoms with Crippen molar-refractivity contribution in [1.29, 1.82) is 0 Å². The first-order valence-corrected chi connectivity index (χ1v) is 7.68. The molecule has 0 aliphatic rings. The number of benzene rings is 1. The quantitative estimate of drug-likeness (QED) is 0.850. The Morgan fingerprint density at radius 2 is 2.11 bits per heavy atom. The number of likely N-dealkylation sites (N-methyl/N-ethyl adjacent to an activating group) is 1. The summed E-state index contributed by atoms with van der Waals surface area (Å²) < 4.78 is 28.0. The van der Waals surface area contributed by atoms with Crippen molar-refractivity contribution in [2.75, 3.05) is 27.3 Å². The number of ether oxygens (including phenoxy) is 1. The summed E-state index contributed by atoms with van der Waals surface area (Å²) in [6.07, 6.45) is 0. The first-order valence-electron chi connectivity index (χ1n) is 5.34. The summed E-state index contributed by atoms with van der Waals surface area (Å²) in [5.74, 6) is -0.311. The summed E-state index contributed by atoms with van der Waals surface area (Å²) in [6, 6.07) is 4.08. The zero-order valence-electron chi connectivity index (χ0n) is 10.6. The molecule has 0 radical (unpaired) electrons. The van der Waals surface area contributed by atoms with E-state index in [1.807, 2.05) is 0 Å². The lowest BCUT2D eigenvalue weighted by Crippen LogP contribution is -2.30. The molecule has 0 atom stereocenters. The molecule has 1 rings (SSSR count). The van der Waals surface area contributed by atoms with Crippen molar-refractivity contribution in [1.82, 2.24) is 4.90 Å². The molecule has 2 N–H and O–H groups in total. The number of halogens is 1. The van der Waals surface area contributed by atoms with Crippen molar-refractivity contribution in [2.24, 2.45) is 5.14 Å². The van der Waals surface area contributed by atoms with Gasteiger partial charge in [0.2, 0.25) is 10.0 Å². The van der Waals surface area contributed by atoms with Crippen molar-refractivity contribution < 1.29 is 17.9 Å². The molecular formula is C11H15BrN2O4S. The molecule has 0 spiro atoms. The van der Waals surface area contributed by atoms with Gasteiger partial charge in [-0.2, -0.15) is 0 Å². The summed E-state index contributed by atoms with van der Waals surface area (Å²) in [5, 5.41) is 5.04. The number of methoxy groups -OCH3 is 1.